The highest BCUT2D eigenvalue weighted by Gasteiger charge is 2.13. The van der Waals surface area contributed by atoms with Crippen molar-refractivity contribution >= 4 is 6.03 Å². The summed E-state index contributed by atoms with van der Waals surface area (Å²) in [6.45, 7) is 4.42. The number of urea groups is 1. The molecule has 1 rings (SSSR count). The van der Waals surface area contributed by atoms with Crippen LogP contribution in [0.4, 0.5) is 9.18 Å². The van der Waals surface area contributed by atoms with Gasteiger partial charge in [0.2, 0.25) is 0 Å². The van der Waals surface area contributed by atoms with Crippen LogP contribution in [-0.4, -0.2) is 31.1 Å². The quantitative estimate of drug-likeness (QED) is 0.870. The normalized spacial score (nSPS) is 10.5. The van der Waals surface area contributed by atoms with Gasteiger partial charge in [-0.1, -0.05) is 19.9 Å². The lowest BCUT2D eigenvalue weighted by Gasteiger charge is -2.22. The number of methoxy groups -OCH3 is 1. The number of rotatable bonds is 6. The van der Waals surface area contributed by atoms with Gasteiger partial charge in [0.1, 0.15) is 0 Å². The average molecular weight is 282 g/mol. The molecule has 0 aromatic heterocycles. The summed E-state index contributed by atoms with van der Waals surface area (Å²) in [5.41, 5.74) is 0.727. The molecule has 20 heavy (non-hydrogen) atoms. The minimum atomic E-state index is -0.418. The van der Waals surface area contributed by atoms with Gasteiger partial charge < -0.3 is 15.0 Å². The molecule has 1 aromatic rings. The molecule has 0 spiro atoms. The Morgan fingerprint density at radius 3 is 2.55 bits per heavy atom. The number of halogens is 1. The summed E-state index contributed by atoms with van der Waals surface area (Å²) in [6, 6.07) is 4.74. The summed E-state index contributed by atoms with van der Waals surface area (Å²) >= 11 is 0. The van der Waals surface area contributed by atoms with Crippen molar-refractivity contribution in [2.24, 2.45) is 0 Å². The molecule has 0 fully saturated rings. The van der Waals surface area contributed by atoms with Crippen LogP contribution >= 0.6 is 0 Å². The molecular weight excluding hydrogens is 259 g/mol. The van der Waals surface area contributed by atoms with Gasteiger partial charge in [0.15, 0.2) is 11.6 Å². The van der Waals surface area contributed by atoms with E-state index in [1.165, 1.54) is 13.2 Å². The fourth-order valence-corrected chi connectivity index (χ4v) is 1.93. The Balaban J connectivity index is 2.63. The minimum Gasteiger partial charge on any atom is -0.494 e. The van der Waals surface area contributed by atoms with E-state index >= 15 is 0 Å². The van der Waals surface area contributed by atoms with Crippen molar-refractivity contribution in [3.05, 3.63) is 29.6 Å². The number of carbonyl (C=O) groups excluding carboxylic acids is 1. The van der Waals surface area contributed by atoms with E-state index in [-0.39, 0.29) is 17.8 Å². The van der Waals surface area contributed by atoms with E-state index in [9.17, 15) is 9.18 Å². The van der Waals surface area contributed by atoms with Crippen molar-refractivity contribution in [3.63, 3.8) is 0 Å². The zero-order valence-corrected chi connectivity index (χ0v) is 12.6. The van der Waals surface area contributed by atoms with E-state index in [4.69, 9.17) is 4.74 Å². The molecule has 0 saturated carbocycles. The molecule has 0 unspecified atom stereocenters. The smallest absolute Gasteiger partial charge is 0.317 e. The molecule has 0 atom stereocenters. The fraction of sp³-hybridized carbons (Fsp3) is 0.533. The van der Waals surface area contributed by atoms with Crippen LogP contribution in [0.1, 0.15) is 32.3 Å². The SMILES string of the molecule is CCC(CC)NC(=O)N(C)Cc1ccc(OC)c(F)c1. The maximum absolute atomic E-state index is 13.6. The second-order valence-corrected chi connectivity index (χ2v) is 4.79. The van der Waals surface area contributed by atoms with Gasteiger partial charge in [-0.05, 0) is 30.5 Å². The Kier molecular flexibility index (Phi) is 6.28. The second-order valence-electron chi connectivity index (χ2n) is 4.79. The first-order valence-corrected chi connectivity index (χ1v) is 6.85. The summed E-state index contributed by atoms with van der Waals surface area (Å²) in [5, 5.41) is 2.94. The average Bonchev–Trinajstić information content (AvgIpc) is 2.44. The van der Waals surface area contributed by atoms with Crippen LogP contribution in [0.25, 0.3) is 0 Å². The van der Waals surface area contributed by atoms with E-state index in [0.717, 1.165) is 18.4 Å². The number of nitrogens with zero attached hydrogens (tertiary/aromatic N) is 1. The molecular formula is C15H23FN2O2. The molecule has 0 bridgehead atoms. The van der Waals surface area contributed by atoms with E-state index in [0.29, 0.717) is 6.54 Å². The molecule has 0 aliphatic rings. The Morgan fingerprint density at radius 1 is 1.40 bits per heavy atom. The zero-order chi connectivity index (χ0) is 15.1. The van der Waals surface area contributed by atoms with Gasteiger partial charge in [0.05, 0.1) is 7.11 Å². The highest BCUT2D eigenvalue weighted by atomic mass is 19.1. The largest absolute Gasteiger partial charge is 0.494 e. The number of nitrogens with one attached hydrogen (secondary N) is 1. The van der Waals surface area contributed by atoms with Gasteiger partial charge in [0.25, 0.3) is 0 Å². The van der Waals surface area contributed by atoms with Gasteiger partial charge in [-0.3, -0.25) is 0 Å². The first-order chi connectivity index (χ1) is 9.51. The Hall–Kier alpha value is -1.78. The Bertz CT molecular complexity index is 447. The lowest BCUT2D eigenvalue weighted by atomic mass is 10.2. The maximum Gasteiger partial charge on any atom is 0.317 e. The highest BCUT2D eigenvalue weighted by molar-refractivity contribution is 5.74. The van der Waals surface area contributed by atoms with Gasteiger partial charge in [-0.25, -0.2) is 9.18 Å². The van der Waals surface area contributed by atoms with Crippen molar-refractivity contribution in [3.8, 4) is 5.75 Å². The summed E-state index contributed by atoms with van der Waals surface area (Å²) < 4.78 is 18.4. The number of ether oxygens (including phenoxy) is 1. The topological polar surface area (TPSA) is 41.6 Å². The monoisotopic (exact) mass is 282 g/mol. The van der Waals surface area contributed by atoms with E-state index in [1.54, 1.807) is 24.1 Å². The summed E-state index contributed by atoms with van der Waals surface area (Å²) in [6.07, 6.45) is 1.79. The van der Waals surface area contributed by atoms with Crippen molar-refractivity contribution in [1.29, 1.82) is 0 Å². The molecule has 1 aromatic carbocycles. The third kappa shape index (κ3) is 4.40. The minimum absolute atomic E-state index is 0.144. The summed E-state index contributed by atoms with van der Waals surface area (Å²) in [7, 11) is 3.12. The molecule has 2 amide bonds. The van der Waals surface area contributed by atoms with Gasteiger partial charge in [-0.15, -0.1) is 0 Å². The van der Waals surface area contributed by atoms with Gasteiger partial charge in [-0.2, -0.15) is 0 Å². The Morgan fingerprint density at radius 2 is 2.05 bits per heavy atom. The number of hydrogen-bond donors (Lipinski definition) is 1. The molecule has 0 radical (unpaired) electrons. The molecule has 1 N–H and O–H groups in total. The van der Waals surface area contributed by atoms with Crippen LogP contribution in [0.5, 0.6) is 5.75 Å². The number of hydrogen-bond acceptors (Lipinski definition) is 2. The lowest BCUT2D eigenvalue weighted by Crippen LogP contribution is -2.42. The molecule has 112 valence electrons. The van der Waals surface area contributed by atoms with E-state index in [1.807, 2.05) is 13.8 Å². The first-order valence-electron chi connectivity index (χ1n) is 6.85. The molecule has 0 saturated heterocycles. The summed E-state index contributed by atoms with van der Waals surface area (Å²) in [4.78, 5) is 13.5. The summed E-state index contributed by atoms with van der Waals surface area (Å²) in [5.74, 6) is -0.211. The van der Waals surface area contributed by atoms with Gasteiger partial charge in [0, 0.05) is 19.6 Å². The number of amides is 2. The molecule has 0 aliphatic heterocycles. The van der Waals surface area contributed by atoms with E-state index in [2.05, 4.69) is 5.32 Å². The third-order valence-electron chi connectivity index (χ3n) is 3.30. The van der Waals surface area contributed by atoms with Gasteiger partial charge >= 0.3 is 6.03 Å². The van der Waals surface area contributed by atoms with Crippen molar-refractivity contribution in [1.82, 2.24) is 10.2 Å². The molecule has 0 aliphatic carbocycles. The number of benzene rings is 1. The zero-order valence-electron chi connectivity index (χ0n) is 12.6. The third-order valence-corrected chi connectivity index (χ3v) is 3.30. The number of carbonyl (C=O) groups is 1. The maximum atomic E-state index is 13.6. The molecule has 5 heteroatoms. The van der Waals surface area contributed by atoms with Crippen molar-refractivity contribution < 1.29 is 13.9 Å². The lowest BCUT2D eigenvalue weighted by molar-refractivity contribution is 0.201. The van der Waals surface area contributed by atoms with Crippen LogP contribution in [0.2, 0.25) is 0 Å². The second kappa shape index (κ2) is 7.72. The molecule has 0 heterocycles. The highest BCUT2D eigenvalue weighted by Crippen LogP contribution is 2.18. The fourth-order valence-electron chi connectivity index (χ4n) is 1.93. The van der Waals surface area contributed by atoms with Crippen LogP contribution < -0.4 is 10.1 Å². The molecule has 4 nitrogen and oxygen atoms in total. The standard InChI is InChI=1S/C15H23FN2O2/c1-5-12(6-2)17-15(19)18(3)10-11-7-8-14(20-4)13(16)9-11/h7-9,12H,5-6,10H2,1-4H3,(H,17,19). The predicted molar refractivity (Wildman–Crippen MR) is 77.3 cm³/mol. The van der Waals surface area contributed by atoms with Crippen LogP contribution in [0.3, 0.4) is 0 Å². The Labute approximate surface area is 119 Å². The van der Waals surface area contributed by atoms with E-state index < -0.39 is 5.82 Å². The van der Waals surface area contributed by atoms with Crippen LogP contribution in [-0.2, 0) is 6.54 Å². The first kappa shape index (κ1) is 16.3. The van der Waals surface area contributed by atoms with Crippen molar-refractivity contribution in [2.45, 2.75) is 39.3 Å². The predicted octanol–water partition coefficient (Wildman–Crippen LogP) is 3.16. The van der Waals surface area contributed by atoms with Crippen LogP contribution in [0.15, 0.2) is 18.2 Å². The van der Waals surface area contributed by atoms with Crippen LogP contribution in [0, 0.1) is 5.82 Å². The van der Waals surface area contributed by atoms with Crippen molar-refractivity contribution in [2.75, 3.05) is 14.2 Å².